The van der Waals surface area contributed by atoms with Crippen molar-refractivity contribution in [2.24, 2.45) is 0 Å². The topological polar surface area (TPSA) is 186 Å². The van der Waals surface area contributed by atoms with E-state index in [-0.39, 0.29) is 19.4 Å². The van der Waals surface area contributed by atoms with Gasteiger partial charge in [0.2, 0.25) is 0 Å². The van der Waals surface area contributed by atoms with Crippen LogP contribution in [-0.4, -0.2) is 96.0 Å². The molecule has 6 atom stereocenters. The van der Waals surface area contributed by atoms with Crippen LogP contribution < -0.4 is 0 Å². The predicted octanol–water partition coefficient (Wildman–Crippen LogP) is 7.94. The molecule has 0 amide bonds. The zero-order chi connectivity index (χ0) is 42.0. The Bertz CT molecular complexity index is 1340. The van der Waals surface area contributed by atoms with Crippen LogP contribution in [0.3, 0.4) is 0 Å². The minimum absolute atomic E-state index is 0.0807. The lowest BCUT2D eigenvalue weighted by Gasteiger charge is -2.40. The average Bonchev–Trinajstić information content (AvgIpc) is 3.17. The van der Waals surface area contributed by atoms with E-state index < -0.39 is 71.2 Å². The van der Waals surface area contributed by atoms with Gasteiger partial charge in [0.1, 0.15) is 36.8 Å². The summed E-state index contributed by atoms with van der Waals surface area (Å²) in [7, 11) is -4.61. The Hall–Kier alpha value is -2.91. The molecule has 4 N–H and O–H groups in total. The average molecular weight is 825 g/mol. The Morgan fingerprint density at radius 3 is 1.72 bits per heavy atom. The largest absolute Gasteiger partial charge is 0.462 e. The molecule has 1 saturated heterocycles. The molecule has 12 nitrogen and oxygen atoms in total. The fourth-order valence-electron chi connectivity index (χ4n) is 5.76. The molecule has 0 aromatic heterocycles. The van der Waals surface area contributed by atoms with Crippen molar-refractivity contribution in [2.75, 3.05) is 19.0 Å². The van der Waals surface area contributed by atoms with Crippen LogP contribution in [0.15, 0.2) is 72.9 Å². The molecular formula is C44H72O12S. The summed E-state index contributed by atoms with van der Waals surface area (Å²) in [5.74, 6) is -2.08. The standard InChI is InChI=1S/C44H72O12S/c1-3-5-7-9-11-13-15-17-18-19-20-21-23-25-27-29-31-33-40(46)55-37(35-54-44-43(49)42(48)41(47)38(56-44)36-57(50,51)52)34-53-39(45)32-30-28-26-24-22-16-14-12-10-8-6-4-2/h5,7,11-14,17-18,20-21,25,27,37-38,41-44,47-49H,3-4,6,8-10,15-16,19,22-24,26,28-36H2,1-2H3,(H,50,51,52)/b7-5+,13-11+,14-12+,18-17+,21-20+,27-25+/t37-,38-,41-,42?,43?,44+/m1/s1. The highest BCUT2D eigenvalue weighted by molar-refractivity contribution is 7.85. The van der Waals surface area contributed by atoms with Gasteiger partial charge in [-0.3, -0.25) is 14.1 Å². The summed E-state index contributed by atoms with van der Waals surface area (Å²) in [6, 6.07) is 0. The number of aliphatic hydroxyl groups excluding tert-OH is 3. The van der Waals surface area contributed by atoms with Crippen molar-refractivity contribution in [3.8, 4) is 0 Å². The second-order valence-electron chi connectivity index (χ2n) is 14.3. The summed E-state index contributed by atoms with van der Waals surface area (Å²) < 4.78 is 53.9. The molecule has 0 aromatic carbocycles. The SMILES string of the molecule is CC/C=C/C/C=C/C/C=C/C/C=C/C/C=C/CCCC(=O)O[C@H](COC(=O)CCCCCCC/C=C/CCCCC)CO[C@H]1O[C@H](CS(=O)(=O)O)[C@@H](O)C(O)C1O. The van der Waals surface area contributed by atoms with E-state index in [9.17, 15) is 37.9 Å². The van der Waals surface area contributed by atoms with Crippen molar-refractivity contribution in [1.82, 2.24) is 0 Å². The number of hydrogen-bond acceptors (Lipinski definition) is 11. The van der Waals surface area contributed by atoms with Crippen molar-refractivity contribution in [3.63, 3.8) is 0 Å². The lowest BCUT2D eigenvalue weighted by Crippen LogP contribution is -2.60. The number of aliphatic hydroxyl groups is 3. The molecule has 57 heavy (non-hydrogen) atoms. The number of carbonyl (C=O) groups excluding carboxylic acids is 2. The van der Waals surface area contributed by atoms with Crippen LogP contribution >= 0.6 is 0 Å². The van der Waals surface area contributed by atoms with E-state index in [0.717, 1.165) is 70.6 Å². The van der Waals surface area contributed by atoms with Crippen molar-refractivity contribution < 1.29 is 56.8 Å². The van der Waals surface area contributed by atoms with Crippen LogP contribution in [0.25, 0.3) is 0 Å². The van der Waals surface area contributed by atoms with Crippen LogP contribution in [0.2, 0.25) is 0 Å². The highest BCUT2D eigenvalue weighted by Gasteiger charge is 2.46. The summed E-state index contributed by atoms with van der Waals surface area (Å²) in [6.45, 7) is 3.54. The van der Waals surface area contributed by atoms with Gasteiger partial charge in [-0.2, -0.15) is 8.42 Å². The first-order valence-electron chi connectivity index (χ1n) is 21.0. The summed E-state index contributed by atoms with van der Waals surface area (Å²) >= 11 is 0. The quantitative estimate of drug-likeness (QED) is 0.0217. The number of rotatable bonds is 33. The number of unbranched alkanes of at least 4 members (excludes halogenated alkanes) is 9. The summed E-state index contributed by atoms with van der Waals surface area (Å²) in [4.78, 5) is 25.3. The molecule has 13 heteroatoms. The Morgan fingerprint density at radius 1 is 0.614 bits per heavy atom. The van der Waals surface area contributed by atoms with Gasteiger partial charge in [-0.05, 0) is 77.0 Å². The van der Waals surface area contributed by atoms with Gasteiger partial charge < -0.3 is 34.3 Å². The van der Waals surface area contributed by atoms with Gasteiger partial charge >= 0.3 is 11.9 Å². The van der Waals surface area contributed by atoms with Crippen molar-refractivity contribution in [2.45, 2.75) is 173 Å². The monoisotopic (exact) mass is 824 g/mol. The molecule has 0 spiro atoms. The predicted molar refractivity (Wildman–Crippen MR) is 224 cm³/mol. The zero-order valence-corrected chi connectivity index (χ0v) is 35.2. The molecule has 0 bridgehead atoms. The minimum atomic E-state index is -4.61. The van der Waals surface area contributed by atoms with Crippen LogP contribution in [-0.2, 0) is 38.7 Å². The van der Waals surface area contributed by atoms with E-state index in [1.165, 1.54) is 19.3 Å². The number of carbonyl (C=O) groups is 2. The maximum Gasteiger partial charge on any atom is 0.306 e. The van der Waals surface area contributed by atoms with Gasteiger partial charge in [-0.15, -0.1) is 0 Å². The third-order valence-corrected chi connectivity index (χ3v) is 9.77. The maximum atomic E-state index is 12.8. The van der Waals surface area contributed by atoms with E-state index in [1.807, 2.05) is 12.2 Å². The molecule has 1 aliphatic heterocycles. The summed E-state index contributed by atoms with van der Waals surface area (Å²) in [5.41, 5.74) is 0. The van der Waals surface area contributed by atoms with Gasteiger partial charge in [0.25, 0.3) is 10.1 Å². The van der Waals surface area contributed by atoms with Gasteiger partial charge in [-0.1, -0.05) is 119 Å². The Balaban J connectivity index is 2.55. The number of allylic oxidation sites excluding steroid dienone is 12. The first-order valence-corrected chi connectivity index (χ1v) is 22.6. The fourth-order valence-corrected chi connectivity index (χ4v) is 6.45. The molecule has 0 aliphatic carbocycles. The number of ether oxygens (including phenoxy) is 4. The molecule has 0 radical (unpaired) electrons. The number of esters is 2. The third-order valence-electron chi connectivity index (χ3n) is 9.02. The highest BCUT2D eigenvalue weighted by atomic mass is 32.2. The Kier molecular flexibility index (Phi) is 31.1. The summed E-state index contributed by atoms with van der Waals surface area (Å²) in [6.07, 6.45) is 32.5. The first kappa shape index (κ1) is 52.1. The van der Waals surface area contributed by atoms with Crippen molar-refractivity contribution in [3.05, 3.63) is 72.9 Å². The molecule has 2 unspecified atom stereocenters. The Labute approximate surface area is 342 Å². The Morgan fingerprint density at radius 2 is 1.12 bits per heavy atom. The normalized spacial score (nSPS) is 21.3. The molecule has 1 fully saturated rings. The molecule has 0 aromatic rings. The summed E-state index contributed by atoms with van der Waals surface area (Å²) in [5, 5.41) is 30.8. The second kappa shape index (κ2) is 34.0. The maximum absolute atomic E-state index is 12.8. The lowest BCUT2D eigenvalue weighted by atomic mass is 10.00. The highest BCUT2D eigenvalue weighted by Crippen LogP contribution is 2.24. The smallest absolute Gasteiger partial charge is 0.306 e. The van der Waals surface area contributed by atoms with Crippen LogP contribution in [0.1, 0.15) is 136 Å². The van der Waals surface area contributed by atoms with E-state index in [1.54, 1.807) is 0 Å². The third kappa shape index (κ3) is 29.0. The van der Waals surface area contributed by atoms with Gasteiger partial charge in [0.05, 0.1) is 6.61 Å². The molecule has 1 rings (SSSR count). The van der Waals surface area contributed by atoms with Gasteiger partial charge in [0, 0.05) is 12.8 Å². The van der Waals surface area contributed by atoms with Gasteiger partial charge in [0.15, 0.2) is 12.4 Å². The van der Waals surface area contributed by atoms with E-state index >= 15 is 0 Å². The second-order valence-corrected chi connectivity index (χ2v) is 15.8. The van der Waals surface area contributed by atoms with E-state index in [4.69, 9.17) is 18.9 Å². The van der Waals surface area contributed by atoms with Crippen LogP contribution in [0.4, 0.5) is 0 Å². The van der Waals surface area contributed by atoms with Gasteiger partial charge in [-0.25, -0.2) is 0 Å². The first-order chi connectivity index (χ1) is 27.5. The van der Waals surface area contributed by atoms with Crippen LogP contribution in [0.5, 0.6) is 0 Å². The fraction of sp³-hybridized carbons (Fsp3) is 0.682. The van der Waals surface area contributed by atoms with E-state index in [0.29, 0.717) is 19.3 Å². The number of hydrogen-bond donors (Lipinski definition) is 4. The molecule has 1 heterocycles. The molecular weight excluding hydrogens is 753 g/mol. The van der Waals surface area contributed by atoms with Crippen LogP contribution in [0, 0.1) is 0 Å². The van der Waals surface area contributed by atoms with Crippen molar-refractivity contribution >= 4 is 22.1 Å². The molecule has 326 valence electrons. The van der Waals surface area contributed by atoms with Crippen molar-refractivity contribution in [1.29, 1.82) is 0 Å². The lowest BCUT2D eigenvalue weighted by molar-refractivity contribution is -0.297. The van der Waals surface area contributed by atoms with E-state index in [2.05, 4.69) is 74.6 Å². The molecule has 0 saturated carbocycles. The zero-order valence-electron chi connectivity index (χ0n) is 34.4. The minimum Gasteiger partial charge on any atom is -0.462 e. The molecule has 1 aliphatic rings.